The number of aryl methyl sites for hydroxylation is 1. The summed E-state index contributed by atoms with van der Waals surface area (Å²) in [7, 11) is 2.00. The van der Waals surface area contributed by atoms with Crippen LogP contribution in [0, 0.1) is 12.8 Å². The minimum Gasteiger partial charge on any atom is -0.459 e. The molecule has 0 bridgehead atoms. The number of benzene rings is 1. The quantitative estimate of drug-likeness (QED) is 0.858. The molecule has 0 amide bonds. The van der Waals surface area contributed by atoms with Crippen LogP contribution in [-0.2, 0) is 0 Å². The van der Waals surface area contributed by atoms with Gasteiger partial charge < -0.3 is 9.73 Å². The van der Waals surface area contributed by atoms with Crippen LogP contribution in [0.1, 0.15) is 37.6 Å². The van der Waals surface area contributed by atoms with Crippen molar-refractivity contribution in [1.29, 1.82) is 0 Å². The minimum atomic E-state index is 0.299. The highest BCUT2D eigenvalue weighted by molar-refractivity contribution is 5.78. The zero-order valence-electron chi connectivity index (χ0n) is 11.1. The second-order valence-corrected chi connectivity index (χ2v) is 4.84. The van der Waals surface area contributed by atoms with E-state index in [0.717, 1.165) is 17.8 Å². The smallest absolute Gasteiger partial charge is 0.134 e. The Labute approximate surface area is 103 Å². The van der Waals surface area contributed by atoms with Gasteiger partial charge in [0.1, 0.15) is 11.3 Å². The van der Waals surface area contributed by atoms with E-state index < -0.39 is 0 Å². The predicted molar refractivity (Wildman–Crippen MR) is 72.2 cm³/mol. The lowest BCUT2D eigenvalue weighted by Crippen LogP contribution is -2.22. The number of rotatable bonds is 4. The molecule has 0 aliphatic heterocycles. The van der Waals surface area contributed by atoms with Crippen LogP contribution >= 0.6 is 0 Å². The second-order valence-electron chi connectivity index (χ2n) is 4.84. The van der Waals surface area contributed by atoms with Crippen molar-refractivity contribution in [2.45, 2.75) is 33.2 Å². The Morgan fingerprint density at radius 3 is 2.71 bits per heavy atom. The number of nitrogens with one attached hydrogen (secondary N) is 1. The standard InChI is InChI=1S/C15H21NO/c1-5-11(3)15(16-4)14-9-12-8-10(2)6-7-13(12)17-14/h6-9,11,15-16H,5H2,1-4H3. The third kappa shape index (κ3) is 2.37. The van der Waals surface area contributed by atoms with Crippen LogP contribution in [0.4, 0.5) is 0 Å². The number of fused-ring (bicyclic) bond motifs is 1. The molecule has 17 heavy (non-hydrogen) atoms. The third-order valence-electron chi connectivity index (χ3n) is 3.52. The van der Waals surface area contributed by atoms with Crippen LogP contribution in [0.5, 0.6) is 0 Å². The van der Waals surface area contributed by atoms with E-state index in [9.17, 15) is 0 Å². The summed E-state index contributed by atoms with van der Waals surface area (Å²) >= 11 is 0. The van der Waals surface area contributed by atoms with Crippen LogP contribution < -0.4 is 5.32 Å². The van der Waals surface area contributed by atoms with Gasteiger partial charge in [0.15, 0.2) is 0 Å². The first-order valence-electron chi connectivity index (χ1n) is 6.33. The van der Waals surface area contributed by atoms with Crippen LogP contribution in [0.25, 0.3) is 11.0 Å². The maximum absolute atomic E-state index is 5.94. The Morgan fingerprint density at radius 2 is 2.06 bits per heavy atom. The zero-order chi connectivity index (χ0) is 12.4. The van der Waals surface area contributed by atoms with Crippen molar-refractivity contribution in [3.05, 3.63) is 35.6 Å². The molecule has 0 radical (unpaired) electrons. The molecule has 0 saturated heterocycles. The molecule has 0 aliphatic carbocycles. The molecule has 2 nitrogen and oxygen atoms in total. The summed E-state index contributed by atoms with van der Waals surface area (Å²) in [6.07, 6.45) is 1.14. The molecule has 1 aromatic carbocycles. The first-order valence-corrected chi connectivity index (χ1v) is 6.33. The van der Waals surface area contributed by atoms with Gasteiger partial charge in [-0.2, -0.15) is 0 Å². The predicted octanol–water partition coefficient (Wildman–Crippen LogP) is 4.05. The summed E-state index contributed by atoms with van der Waals surface area (Å²) in [5.41, 5.74) is 2.25. The molecule has 0 aliphatic rings. The topological polar surface area (TPSA) is 25.2 Å². The zero-order valence-corrected chi connectivity index (χ0v) is 11.1. The average Bonchev–Trinajstić information content (AvgIpc) is 2.72. The van der Waals surface area contributed by atoms with Crippen molar-refractivity contribution >= 4 is 11.0 Å². The average molecular weight is 231 g/mol. The van der Waals surface area contributed by atoms with Gasteiger partial charge >= 0.3 is 0 Å². The van der Waals surface area contributed by atoms with Crippen molar-refractivity contribution in [3.8, 4) is 0 Å². The van der Waals surface area contributed by atoms with E-state index in [1.54, 1.807) is 0 Å². The van der Waals surface area contributed by atoms with Crippen LogP contribution in [0.3, 0.4) is 0 Å². The molecular weight excluding hydrogens is 210 g/mol. The van der Waals surface area contributed by atoms with Gasteiger partial charge in [0.2, 0.25) is 0 Å². The van der Waals surface area contributed by atoms with Gasteiger partial charge in [-0.1, -0.05) is 31.9 Å². The Morgan fingerprint density at radius 1 is 1.29 bits per heavy atom. The molecule has 2 heteroatoms. The molecule has 2 aromatic rings. The van der Waals surface area contributed by atoms with Crippen molar-refractivity contribution in [1.82, 2.24) is 5.32 Å². The van der Waals surface area contributed by atoms with E-state index in [0.29, 0.717) is 12.0 Å². The second kappa shape index (κ2) is 4.92. The van der Waals surface area contributed by atoms with E-state index in [2.05, 4.69) is 50.4 Å². The summed E-state index contributed by atoms with van der Waals surface area (Å²) in [4.78, 5) is 0. The summed E-state index contributed by atoms with van der Waals surface area (Å²) in [6, 6.07) is 8.78. The summed E-state index contributed by atoms with van der Waals surface area (Å²) in [5, 5.41) is 4.55. The van der Waals surface area contributed by atoms with E-state index in [-0.39, 0.29) is 0 Å². The lowest BCUT2D eigenvalue weighted by Gasteiger charge is -2.19. The van der Waals surface area contributed by atoms with Crippen LogP contribution in [-0.4, -0.2) is 7.05 Å². The molecule has 0 saturated carbocycles. The van der Waals surface area contributed by atoms with E-state index in [1.165, 1.54) is 10.9 Å². The molecule has 0 fully saturated rings. The molecular formula is C15H21NO. The number of hydrogen-bond acceptors (Lipinski definition) is 2. The highest BCUT2D eigenvalue weighted by Crippen LogP contribution is 2.29. The molecule has 2 rings (SSSR count). The van der Waals surface area contributed by atoms with E-state index in [4.69, 9.17) is 4.42 Å². The van der Waals surface area contributed by atoms with Gasteiger partial charge in [-0.25, -0.2) is 0 Å². The molecule has 1 aromatic heterocycles. The third-order valence-corrected chi connectivity index (χ3v) is 3.52. The Bertz CT molecular complexity index is 501. The Balaban J connectivity index is 2.41. The van der Waals surface area contributed by atoms with Crippen molar-refractivity contribution < 1.29 is 4.42 Å². The first-order chi connectivity index (χ1) is 8.15. The van der Waals surface area contributed by atoms with Gasteiger partial charge in [0.25, 0.3) is 0 Å². The maximum atomic E-state index is 5.94. The molecule has 2 unspecified atom stereocenters. The van der Waals surface area contributed by atoms with Gasteiger partial charge in [0.05, 0.1) is 6.04 Å². The monoisotopic (exact) mass is 231 g/mol. The molecule has 0 spiro atoms. The maximum Gasteiger partial charge on any atom is 0.134 e. The lowest BCUT2D eigenvalue weighted by molar-refractivity contribution is 0.344. The number of furan rings is 1. The van der Waals surface area contributed by atoms with Gasteiger partial charge in [-0.05, 0) is 38.1 Å². The van der Waals surface area contributed by atoms with Crippen molar-refractivity contribution in [2.24, 2.45) is 5.92 Å². The summed E-state index contributed by atoms with van der Waals surface area (Å²) in [6.45, 7) is 6.57. The number of hydrogen-bond donors (Lipinski definition) is 1. The first kappa shape index (κ1) is 12.2. The lowest BCUT2D eigenvalue weighted by atomic mass is 9.97. The molecule has 1 heterocycles. The van der Waals surface area contributed by atoms with Gasteiger partial charge in [-0.15, -0.1) is 0 Å². The largest absolute Gasteiger partial charge is 0.459 e. The van der Waals surface area contributed by atoms with Gasteiger partial charge in [-0.3, -0.25) is 0 Å². The normalized spacial score (nSPS) is 15.1. The van der Waals surface area contributed by atoms with Crippen molar-refractivity contribution in [3.63, 3.8) is 0 Å². The minimum absolute atomic E-state index is 0.299. The van der Waals surface area contributed by atoms with E-state index >= 15 is 0 Å². The molecule has 2 atom stereocenters. The van der Waals surface area contributed by atoms with Gasteiger partial charge in [0, 0.05) is 5.39 Å². The molecule has 1 N–H and O–H groups in total. The molecule has 92 valence electrons. The fourth-order valence-corrected chi connectivity index (χ4v) is 2.28. The fraction of sp³-hybridized carbons (Fsp3) is 0.467. The highest BCUT2D eigenvalue weighted by Gasteiger charge is 2.19. The highest BCUT2D eigenvalue weighted by atomic mass is 16.3. The Kier molecular flexibility index (Phi) is 3.53. The van der Waals surface area contributed by atoms with Crippen molar-refractivity contribution in [2.75, 3.05) is 7.05 Å². The summed E-state index contributed by atoms with van der Waals surface area (Å²) < 4.78 is 5.94. The fourth-order valence-electron chi connectivity index (χ4n) is 2.28. The van der Waals surface area contributed by atoms with Crippen LogP contribution in [0.2, 0.25) is 0 Å². The van der Waals surface area contributed by atoms with E-state index in [1.807, 2.05) is 7.05 Å². The van der Waals surface area contributed by atoms with Crippen LogP contribution in [0.15, 0.2) is 28.7 Å². The Hall–Kier alpha value is -1.28. The summed E-state index contributed by atoms with van der Waals surface area (Å²) in [5.74, 6) is 1.61. The SMILES string of the molecule is CCC(C)C(NC)c1cc2cc(C)ccc2o1.